The number of rotatable bonds is 3. The van der Waals surface area contributed by atoms with Crippen LogP contribution in [0.25, 0.3) is 11.0 Å². The highest BCUT2D eigenvalue weighted by Gasteiger charge is 2.16. The van der Waals surface area contributed by atoms with Gasteiger partial charge in [0.1, 0.15) is 11.0 Å². The molecule has 0 saturated carbocycles. The van der Waals surface area contributed by atoms with E-state index in [1.807, 2.05) is 0 Å². The number of benzene rings is 1. The largest absolute Gasteiger partial charge is 0.375 e. The van der Waals surface area contributed by atoms with Gasteiger partial charge in [-0.1, -0.05) is 23.2 Å². The first kappa shape index (κ1) is 13.1. The smallest absolute Gasteiger partial charge is 0.130 e. The van der Waals surface area contributed by atoms with Crippen LogP contribution in [0.1, 0.15) is 18.5 Å². The fraction of sp³-hybridized carbons (Fsp3) is 0.167. The van der Waals surface area contributed by atoms with Crippen molar-refractivity contribution in [1.82, 2.24) is 8.75 Å². The zero-order chi connectivity index (χ0) is 13.4. The highest BCUT2D eigenvalue weighted by molar-refractivity contribution is 7.08. The molecule has 3 rings (SSSR count). The molecule has 19 heavy (non-hydrogen) atoms. The van der Waals surface area contributed by atoms with Crippen molar-refractivity contribution in [3.05, 3.63) is 38.5 Å². The van der Waals surface area contributed by atoms with E-state index in [0.29, 0.717) is 15.6 Å². The second kappa shape index (κ2) is 5.25. The minimum absolute atomic E-state index is 0.148. The van der Waals surface area contributed by atoms with Crippen LogP contribution < -0.4 is 5.32 Å². The van der Waals surface area contributed by atoms with Crippen molar-refractivity contribution in [2.24, 2.45) is 0 Å². The van der Waals surface area contributed by atoms with Gasteiger partial charge in [0.15, 0.2) is 0 Å². The van der Waals surface area contributed by atoms with Gasteiger partial charge in [0, 0.05) is 6.04 Å². The predicted octanol–water partition coefficient (Wildman–Crippen LogP) is 5.23. The maximum atomic E-state index is 6.26. The fourth-order valence-corrected chi connectivity index (χ4v) is 3.75. The van der Waals surface area contributed by atoms with E-state index in [-0.39, 0.29) is 6.04 Å². The fourth-order valence-electron chi connectivity index (χ4n) is 1.83. The molecule has 2 heterocycles. The van der Waals surface area contributed by atoms with Crippen LogP contribution in [0.3, 0.4) is 0 Å². The maximum absolute atomic E-state index is 6.26. The Morgan fingerprint density at radius 2 is 2.00 bits per heavy atom. The normalized spacial score (nSPS) is 12.8. The lowest BCUT2D eigenvalue weighted by molar-refractivity contribution is 0.892. The number of anilines is 1. The summed E-state index contributed by atoms with van der Waals surface area (Å²) in [5.74, 6) is 0. The van der Waals surface area contributed by atoms with Gasteiger partial charge in [-0.3, -0.25) is 0 Å². The molecule has 0 aliphatic rings. The van der Waals surface area contributed by atoms with Crippen molar-refractivity contribution in [1.29, 1.82) is 0 Å². The summed E-state index contributed by atoms with van der Waals surface area (Å²) in [6, 6.07) is 3.94. The molecule has 0 aliphatic carbocycles. The summed E-state index contributed by atoms with van der Waals surface area (Å²) >= 11 is 15.2. The molecular weight excluding hydrogens is 321 g/mol. The predicted molar refractivity (Wildman–Crippen MR) is 83.8 cm³/mol. The third kappa shape index (κ3) is 2.43. The molecular formula is C12H9Cl2N3S2. The Morgan fingerprint density at radius 1 is 1.21 bits per heavy atom. The summed E-state index contributed by atoms with van der Waals surface area (Å²) in [5.41, 5.74) is 3.42. The molecule has 0 saturated heterocycles. The number of aromatic nitrogens is 2. The van der Waals surface area contributed by atoms with Crippen LogP contribution in [0.2, 0.25) is 10.0 Å². The average Bonchev–Trinajstić information content (AvgIpc) is 3.04. The van der Waals surface area contributed by atoms with Crippen LogP contribution in [-0.2, 0) is 0 Å². The van der Waals surface area contributed by atoms with E-state index < -0.39 is 0 Å². The molecule has 98 valence electrons. The quantitative estimate of drug-likeness (QED) is 0.714. The van der Waals surface area contributed by atoms with Crippen LogP contribution >= 0.6 is 46.3 Å². The highest BCUT2D eigenvalue weighted by atomic mass is 35.5. The number of fused-ring (bicyclic) bond motifs is 1. The van der Waals surface area contributed by atoms with E-state index in [2.05, 4.69) is 37.8 Å². The summed E-state index contributed by atoms with van der Waals surface area (Å²) in [6.45, 7) is 2.08. The first-order valence-electron chi connectivity index (χ1n) is 5.55. The highest BCUT2D eigenvalue weighted by Crippen LogP contribution is 2.37. The van der Waals surface area contributed by atoms with Crippen LogP contribution in [-0.4, -0.2) is 8.75 Å². The number of nitrogens with zero attached hydrogens (tertiary/aromatic N) is 2. The lowest BCUT2D eigenvalue weighted by Gasteiger charge is -2.15. The summed E-state index contributed by atoms with van der Waals surface area (Å²) in [7, 11) is 0. The number of thiophene rings is 1. The van der Waals surface area contributed by atoms with Crippen molar-refractivity contribution < 1.29 is 0 Å². The molecule has 0 aliphatic heterocycles. The molecule has 1 N–H and O–H groups in total. The summed E-state index contributed by atoms with van der Waals surface area (Å²) in [5, 5.41) is 8.64. The van der Waals surface area contributed by atoms with Gasteiger partial charge in [-0.2, -0.15) is 20.1 Å². The Balaban J connectivity index is 2.03. The first-order valence-corrected chi connectivity index (χ1v) is 7.98. The minimum atomic E-state index is 0.148. The molecule has 0 spiro atoms. The minimum Gasteiger partial charge on any atom is -0.375 e. The zero-order valence-corrected chi connectivity index (χ0v) is 13.0. The van der Waals surface area contributed by atoms with E-state index in [1.165, 1.54) is 5.56 Å². The molecule has 7 heteroatoms. The SMILES string of the molecule is CC(Nc1c(Cl)cc(Cl)c2nsnc12)c1ccsc1. The number of hydrogen-bond acceptors (Lipinski definition) is 5. The topological polar surface area (TPSA) is 37.8 Å². The zero-order valence-electron chi connectivity index (χ0n) is 9.85. The van der Waals surface area contributed by atoms with E-state index in [0.717, 1.165) is 22.9 Å². The van der Waals surface area contributed by atoms with Gasteiger partial charge in [-0.05, 0) is 35.4 Å². The van der Waals surface area contributed by atoms with Crippen molar-refractivity contribution in [3.8, 4) is 0 Å². The molecule has 0 bridgehead atoms. The Bertz CT molecular complexity index is 709. The van der Waals surface area contributed by atoms with Crippen molar-refractivity contribution >= 4 is 63.0 Å². The first-order chi connectivity index (χ1) is 9.16. The summed E-state index contributed by atoms with van der Waals surface area (Å²) in [4.78, 5) is 0. The number of halogens is 2. The number of hydrogen-bond donors (Lipinski definition) is 1. The lowest BCUT2D eigenvalue weighted by atomic mass is 10.1. The van der Waals surface area contributed by atoms with Gasteiger partial charge >= 0.3 is 0 Å². The van der Waals surface area contributed by atoms with Gasteiger partial charge in [0.05, 0.1) is 27.5 Å². The molecule has 3 nitrogen and oxygen atoms in total. The van der Waals surface area contributed by atoms with Gasteiger partial charge in [-0.25, -0.2) is 0 Å². The molecule has 0 fully saturated rings. The van der Waals surface area contributed by atoms with Gasteiger partial charge in [0.2, 0.25) is 0 Å². The van der Waals surface area contributed by atoms with E-state index in [4.69, 9.17) is 23.2 Å². The average molecular weight is 330 g/mol. The molecule has 1 atom stereocenters. The van der Waals surface area contributed by atoms with E-state index in [9.17, 15) is 0 Å². The molecule has 1 unspecified atom stereocenters. The third-order valence-electron chi connectivity index (χ3n) is 2.85. The van der Waals surface area contributed by atoms with Gasteiger partial charge < -0.3 is 5.32 Å². The van der Waals surface area contributed by atoms with Crippen LogP contribution in [0.15, 0.2) is 22.9 Å². The van der Waals surface area contributed by atoms with Gasteiger partial charge in [0.25, 0.3) is 0 Å². The molecule has 2 aromatic heterocycles. The van der Waals surface area contributed by atoms with Gasteiger partial charge in [-0.15, -0.1) is 0 Å². The second-order valence-electron chi connectivity index (χ2n) is 4.10. The monoisotopic (exact) mass is 329 g/mol. The molecule has 0 amide bonds. The van der Waals surface area contributed by atoms with Crippen LogP contribution in [0, 0.1) is 0 Å². The van der Waals surface area contributed by atoms with Crippen LogP contribution in [0.5, 0.6) is 0 Å². The standard InChI is InChI=1S/C12H9Cl2N3S2/c1-6(7-2-3-18-5-7)15-10-8(13)4-9(14)11-12(10)17-19-16-11/h2-6,15H,1H3. The Kier molecular flexibility index (Phi) is 3.62. The summed E-state index contributed by atoms with van der Waals surface area (Å²) in [6.07, 6.45) is 0. The second-order valence-corrected chi connectivity index (χ2v) is 6.22. The summed E-state index contributed by atoms with van der Waals surface area (Å²) < 4.78 is 8.47. The van der Waals surface area contributed by atoms with E-state index in [1.54, 1.807) is 17.4 Å². The maximum Gasteiger partial charge on any atom is 0.130 e. The van der Waals surface area contributed by atoms with Crippen molar-refractivity contribution in [2.45, 2.75) is 13.0 Å². The molecule has 0 radical (unpaired) electrons. The van der Waals surface area contributed by atoms with E-state index >= 15 is 0 Å². The Hall–Kier alpha value is -0.880. The van der Waals surface area contributed by atoms with Crippen molar-refractivity contribution in [3.63, 3.8) is 0 Å². The third-order valence-corrected chi connectivity index (χ3v) is 4.66. The number of nitrogens with one attached hydrogen (secondary N) is 1. The van der Waals surface area contributed by atoms with Crippen LogP contribution in [0.4, 0.5) is 5.69 Å². The molecule has 1 aromatic carbocycles. The Morgan fingerprint density at radius 3 is 2.74 bits per heavy atom. The lowest BCUT2D eigenvalue weighted by Crippen LogP contribution is -2.06. The molecule has 3 aromatic rings. The van der Waals surface area contributed by atoms with Crippen molar-refractivity contribution in [2.75, 3.05) is 5.32 Å². The Labute approximate surface area is 128 Å².